The van der Waals surface area contributed by atoms with Crippen LogP contribution < -0.4 is 10.0 Å². The van der Waals surface area contributed by atoms with Crippen LogP contribution in [0.15, 0.2) is 59.6 Å². The van der Waals surface area contributed by atoms with Crippen LogP contribution in [0.1, 0.15) is 21.6 Å². The van der Waals surface area contributed by atoms with Gasteiger partial charge in [0.05, 0.1) is 11.1 Å². The maximum atomic E-state index is 12.9. The van der Waals surface area contributed by atoms with Gasteiger partial charge in [-0.3, -0.25) is 14.2 Å². The van der Waals surface area contributed by atoms with E-state index in [4.69, 9.17) is 0 Å². The summed E-state index contributed by atoms with van der Waals surface area (Å²) in [6.45, 7) is 0. The van der Waals surface area contributed by atoms with Crippen molar-refractivity contribution in [3.63, 3.8) is 0 Å². The molecule has 2 aromatic carbocycles. The Labute approximate surface area is 175 Å². The van der Waals surface area contributed by atoms with Crippen molar-refractivity contribution in [1.29, 1.82) is 5.26 Å². The number of sulfonamides is 1. The van der Waals surface area contributed by atoms with E-state index in [1.807, 2.05) is 4.72 Å². The Balaban J connectivity index is 1.88. The van der Waals surface area contributed by atoms with Crippen molar-refractivity contribution in [3.05, 3.63) is 71.5 Å². The zero-order valence-corrected chi connectivity index (χ0v) is 16.6. The fourth-order valence-corrected chi connectivity index (χ4v) is 3.88. The van der Waals surface area contributed by atoms with Gasteiger partial charge in [-0.05, 0) is 42.5 Å². The maximum Gasteiger partial charge on any atom is 0.416 e. The van der Waals surface area contributed by atoms with Crippen LogP contribution in [0, 0.1) is 11.3 Å². The van der Waals surface area contributed by atoms with Crippen LogP contribution in [0.3, 0.4) is 0 Å². The molecular weight excluding hydrogens is 435 g/mol. The van der Waals surface area contributed by atoms with Gasteiger partial charge in [-0.1, -0.05) is 6.07 Å². The number of nitrogens with one attached hydrogen (secondary N) is 2. The second-order valence-electron chi connectivity index (χ2n) is 6.30. The Morgan fingerprint density at radius 3 is 2.48 bits per heavy atom. The summed E-state index contributed by atoms with van der Waals surface area (Å²) in [4.78, 5) is 11.8. The predicted octanol–water partition coefficient (Wildman–Crippen LogP) is 3.36. The van der Waals surface area contributed by atoms with E-state index in [0.717, 1.165) is 30.3 Å². The van der Waals surface area contributed by atoms with E-state index in [0.29, 0.717) is 6.07 Å². The molecule has 0 radical (unpaired) electrons. The van der Waals surface area contributed by atoms with E-state index < -0.39 is 32.6 Å². The highest BCUT2D eigenvalue weighted by atomic mass is 32.2. The number of amides is 1. The number of hydrogen-bond acceptors (Lipinski definition) is 5. The van der Waals surface area contributed by atoms with Gasteiger partial charge in [0.1, 0.15) is 16.7 Å². The van der Waals surface area contributed by atoms with Gasteiger partial charge in [-0.25, -0.2) is 8.42 Å². The van der Waals surface area contributed by atoms with Crippen LogP contribution in [-0.4, -0.2) is 24.1 Å². The highest BCUT2D eigenvalue weighted by molar-refractivity contribution is 7.92. The quantitative estimate of drug-likeness (QED) is 0.620. The van der Waals surface area contributed by atoms with Crippen LogP contribution >= 0.6 is 0 Å². The first-order chi connectivity index (χ1) is 14.5. The molecule has 31 heavy (non-hydrogen) atoms. The van der Waals surface area contributed by atoms with Crippen molar-refractivity contribution in [2.24, 2.45) is 7.05 Å². The number of aryl methyl sites for hydroxylation is 1. The number of alkyl halides is 3. The second-order valence-corrected chi connectivity index (χ2v) is 7.95. The normalized spacial score (nSPS) is 11.6. The number of carbonyl (C=O) groups is 1. The Morgan fingerprint density at radius 2 is 1.87 bits per heavy atom. The van der Waals surface area contributed by atoms with Crippen LogP contribution in [0.2, 0.25) is 0 Å². The summed E-state index contributed by atoms with van der Waals surface area (Å²) < 4.78 is 67.3. The number of rotatable bonds is 5. The van der Waals surface area contributed by atoms with E-state index in [9.17, 15) is 31.6 Å². The Bertz CT molecular complexity index is 1290. The Morgan fingerprint density at radius 1 is 1.13 bits per heavy atom. The summed E-state index contributed by atoms with van der Waals surface area (Å²) >= 11 is 0. The molecule has 0 aliphatic rings. The molecule has 8 nitrogen and oxygen atoms in total. The number of aromatic nitrogens is 2. The van der Waals surface area contributed by atoms with Crippen LogP contribution in [-0.2, 0) is 23.2 Å². The van der Waals surface area contributed by atoms with Gasteiger partial charge in [-0.15, -0.1) is 0 Å². The molecule has 1 aromatic heterocycles. The molecule has 12 heteroatoms. The van der Waals surface area contributed by atoms with Crippen LogP contribution in [0.25, 0.3) is 0 Å². The largest absolute Gasteiger partial charge is 0.416 e. The lowest BCUT2D eigenvalue weighted by molar-refractivity contribution is -0.137. The summed E-state index contributed by atoms with van der Waals surface area (Å²) in [6.07, 6.45) is -3.22. The summed E-state index contributed by atoms with van der Waals surface area (Å²) in [7, 11) is -2.82. The lowest BCUT2D eigenvalue weighted by atomic mass is 10.2. The van der Waals surface area contributed by atoms with Crippen LogP contribution in [0.5, 0.6) is 0 Å². The molecule has 160 valence electrons. The molecule has 0 spiro atoms. The molecule has 0 aliphatic heterocycles. The highest BCUT2D eigenvalue weighted by Gasteiger charge is 2.31. The molecule has 0 fully saturated rings. The van der Waals surface area contributed by atoms with Crippen molar-refractivity contribution < 1.29 is 26.4 Å². The van der Waals surface area contributed by atoms with Crippen LogP contribution in [0.4, 0.5) is 24.5 Å². The van der Waals surface area contributed by atoms with E-state index in [-0.39, 0.29) is 22.6 Å². The topological polar surface area (TPSA) is 117 Å². The standard InChI is InChI=1S/C19H14F3N5O3S/c1-27-16(7-8-24-27)18(28)25-14-5-6-17(12(9-14)11-23)31(29,30)26-15-4-2-3-13(10-15)19(20,21)22/h2-10,26H,1H3,(H,25,28). The third-order valence-corrected chi connectivity index (χ3v) is 5.58. The summed E-state index contributed by atoms with van der Waals surface area (Å²) in [5.41, 5.74) is -1.25. The minimum absolute atomic E-state index is 0.153. The van der Waals surface area contributed by atoms with Gasteiger partial charge >= 0.3 is 6.18 Å². The van der Waals surface area contributed by atoms with Gasteiger partial charge in [0.2, 0.25) is 0 Å². The summed E-state index contributed by atoms with van der Waals surface area (Å²) in [5.74, 6) is -0.526. The van der Waals surface area contributed by atoms with E-state index in [2.05, 4.69) is 10.4 Å². The third kappa shape index (κ3) is 4.84. The smallest absolute Gasteiger partial charge is 0.321 e. The molecule has 3 rings (SSSR count). The first-order valence-corrected chi connectivity index (χ1v) is 10.0. The van der Waals surface area contributed by atoms with Crippen molar-refractivity contribution in [2.45, 2.75) is 11.1 Å². The fourth-order valence-electron chi connectivity index (χ4n) is 2.69. The number of halogens is 3. The number of nitriles is 1. The lowest BCUT2D eigenvalue weighted by Crippen LogP contribution is -2.17. The van der Waals surface area contributed by atoms with Crippen molar-refractivity contribution in [2.75, 3.05) is 10.0 Å². The monoisotopic (exact) mass is 449 g/mol. The number of nitrogens with zero attached hydrogens (tertiary/aromatic N) is 3. The van der Waals surface area contributed by atoms with Gasteiger partial charge in [0.15, 0.2) is 0 Å². The SMILES string of the molecule is Cn1nccc1C(=O)Nc1ccc(S(=O)(=O)Nc2cccc(C(F)(F)F)c2)c(C#N)c1. The Kier molecular flexibility index (Phi) is 5.72. The van der Waals surface area contributed by atoms with Crippen molar-refractivity contribution in [3.8, 4) is 6.07 Å². The molecule has 1 heterocycles. The van der Waals surface area contributed by atoms with Gasteiger partial charge in [0.25, 0.3) is 15.9 Å². The zero-order chi connectivity index (χ0) is 22.8. The first-order valence-electron chi connectivity index (χ1n) is 8.55. The average Bonchev–Trinajstić information content (AvgIpc) is 3.13. The lowest BCUT2D eigenvalue weighted by Gasteiger charge is -2.13. The molecule has 1 amide bonds. The van der Waals surface area contributed by atoms with Gasteiger partial charge in [-0.2, -0.15) is 23.5 Å². The van der Waals surface area contributed by atoms with E-state index in [1.165, 1.54) is 23.0 Å². The summed E-state index contributed by atoms with van der Waals surface area (Å²) in [5, 5.41) is 15.8. The number of benzene rings is 2. The van der Waals surface area contributed by atoms with Crippen molar-refractivity contribution in [1.82, 2.24) is 9.78 Å². The number of anilines is 2. The number of carbonyl (C=O) groups excluding carboxylic acids is 1. The highest BCUT2D eigenvalue weighted by Crippen LogP contribution is 2.31. The molecule has 0 saturated heterocycles. The molecule has 0 aliphatic carbocycles. The Hall–Kier alpha value is -3.85. The minimum Gasteiger partial charge on any atom is -0.321 e. The maximum absolute atomic E-state index is 12.9. The van der Waals surface area contributed by atoms with Gasteiger partial charge < -0.3 is 5.32 Å². The predicted molar refractivity (Wildman–Crippen MR) is 105 cm³/mol. The zero-order valence-electron chi connectivity index (χ0n) is 15.8. The third-order valence-electron chi connectivity index (χ3n) is 4.14. The molecule has 0 bridgehead atoms. The first kappa shape index (κ1) is 21.8. The van der Waals surface area contributed by atoms with Gasteiger partial charge in [0, 0.05) is 24.6 Å². The molecule has 0 unspecified atom stereocenters. The van der Waals surface area contributed by atoms with E-state index >= 15 is 0 Å². The molecular formula is C19H14F3N5O3S. The fraction of sp³-hybridized carbons (Fsp3) is 0.105. The molecule has 0 atom stereocenters. The second kappa shape index (κ2) is 8.11. The summed E-state index contributed by atoms with van der Waals surface area (Å²) in [6, 6.07) is 10.3. The molecule has 0 saturated carbocycles. The van der Waals surface area contributed by atoms with Crippen molar-refractivity contribution >= 4 is 27.3 Å². The molecule has 2 N–H and O–H groups in total. The molecule has 3 aromatic rings. The minimum atomic E-state index is -4.65. The average molecular weight is 449 g/mol. The van der Waals surface area contributed by atoms with E-state index in [1.54, 1.807) is 13.1 Å². The number of hydrogen-bond donors (Lipinski definition) is 2.